The van der Waals surface area contributed by atoms with Crippen LogP contribution in [0.4, 0.5) is 5.69 Å². The second-order valence-electron chi connectivity index (χ2n) is 3.75. The van der Waals surface area contributed by atoms with E-state index in [0.29, 0.717) is 23.1 Å². The van der Waals surface area contributed by atoms with Gasteiger partial charge in [-0.05, 0) is 34.1 Å². The van der Waals surface area contributed by atoms with E-state index in [1.807, 2.05) is 6.07 Å². The van der Waals surface area contributed by atoms with E-state index in [9.17, 15) is 0 Å². The van der Waals surface area contributed by atoms with E-state index in [4.69, 9.17) is 10.3 Å². The minimum atomic E-state index is 0.375. The number of hydrogen-bond donors (Lipinski definition) is 1. The summed E-state index contributed by atoms with van der Waals surface area (Å²) in [6.45, 7) is 0. The summed E-state index contributed by atoms with van der Waals surface area (Å²) in [5.74, 6) is 0.761. The summed E-state index contributed by atoms with van der Waals surface area (Å²) in [5.41, 5.74) is 7.66. The maximum absolute atomic E-state index is 5.75. The van der Waals surface area contributed by atoms with Crippen molar-refractivity contribution in [1.82, 2.24) is 20.1 Å². The van der Waals surface area contributed by atoms with Crippen molar-refractivity contribution in [2.45, 2.75) is 0 Å². The zero-order chi connectivity index (χ0) is 13.2. The molecule has 0 bridgehead atoms. The van der Waals surface area contributed by atoms with Crippen LogP contribution in [0.1, 0.15) is 0 Å². The summed E-state index contributed by atoms with van der Waals surface area (Å²) in [7, 11) is 0. The van der Waals surface area contributed by atoms with Crippen molar-refractivity contribution in [2.75, 3.05) is 5.73 Å². The quantitative estimate of drug-likeness (QED) is 0.730. The molecule has 0 fully saturated rings. The Kier molecular flexibility index (Phi) is 2.96. The van der Waals surface area contributed by atoms with Crippen molar-refractivity contribution in [3.05, 3.63) is 41.3 Å². The number of benzene rings is 1. The summed E-state index contributed by atoms with van der Waals surface area (Å²) in [4.78, 5) is 12.4. The van der Waals surface area contributed by atoms with Gasteiger partial charge in [0.05, 0.1) is 11.8 Å². The number of halogens is 1. The Morgan fingerprint density at radius 1 is 1.21 bits per heavy atom. The number of nitrogen functional groups attached to an aromatic ring is 1. The maximum Gasteiger partial charge on any atom is 0.259 e. The average molecular weight is 318 g/mol. The molecule has 2 N–H and O–H groups in total. The van der Waals surface area contributed by atoms with E-state index < -0.39 is 0 Å². The first-order valence-electron chi connectivity index (χ1n) is 5.39. The van der Waals surface area contributed by atoms with Crippen LogP contribution in [0.2, 0.25) is 0 Å². The zero-order valence-corrected chi connectivity index (χ0v) is 11.2. The third-order valence-corrected chi connectivity index (χ3v) is 3.13. The van der Waals surface area contributed by atoms with Crippen LogP contribution < -0.4 is 5.73 Å². The normalized spacial score (nSPS) is 10.6. The SMILES string of the molecule is Nc1ccc(Br)c(-c2nc(-c3cnccn3)no2)c1. The summed E-state index contributed by atoms with van der Waals surface area (Å²) in [5, 5.41) is 3.88. The van der Waals surface area contributed by atoms with Crippen LogP contribution in [-0.2, 0) is 0 Å². The fourth-order valence-corrected chi connectivity index (χ4v) is 1.97. The molecule has 7 heteroatoms. The van der Waals surface area contributed by atoms with Crippen LogP contribution in [-0.4, -0.2) is 20.1 Å². The van der Waals surface area contributed by atoms with Crippen molar-refractivity contribution in [3.8, 4) is 23.0 Å². The molecule has 0 saturated carbocycles. The first kappa shape index (κ1) is 11.8. The first-order valence-corrected chi connectivity index (χ1v) is 6.19. The fraction of sp³-hybridized carbons (Fsp3) is 0. The largest absolute Gasteiger partial charge is 0.399 e. The van der Waals surface area contributed by atoms with Crippen LogP contribution in [0.15, 0.2) is 45.8 Å². The number of anilines is 1. The lowest BCUT2D eigenvalue weighted by Gasteiger charge is -1.99. The molecule has 2 aromatic heterocycles. The smallest absolute Gasteiger partial charge is 0.259 e. The molecule has 0 atom stereocenters. The minimum Gasteiger partial charge on any atom is -0.399 e. The van der Waals surface area contributed by atoms with E-state index in [2.05, 4.69) is 36.0 Å². The molecule has 0 unspecified atom stereocenters. The molecule has 6 nitrogen and oxygen atoms in total. The highest BCUT2D eigenvalue weighted by atomic mass is 79.9. The number of aromatic nitrogens is 4. The molecule has 0 saturated heterocycles. The molecule has 3 rings (SSSR count). The lowest BCUT2D eigenvalue weighted by molar-refractivity contribution is 0.432. The van der Waals surface area contributed by atoms with Crippen LogP contribution >= 0.6 is 15.9 Å². The lowest BCUT2D eigenvalue weighted by atomic mass is 10.2. The van der Waals surface area contributed by atoms with Gasteiger partial charge in [0.15, 0.2) is 0 Å². The van der Waals surface area contributed by atoms with Crippen LogP contribution in [0.5, 0.6) is 0 Å². The predicted octanol–water partition coefficient (Wildman–Crippen LogP) is 2.54. The molecular formula is C12H8BrN5O. The Hall–Kier alpha value is -2.28. The molecule has 0 spiro atoms. The monoisotopic (exact) mass is 317 g/mol. The summed E-state index contributed by atoms with van der Waals surface area (Å²) >= 11 is 3.42. The Morgan fingerprint density at radius 3 is 2.89 bits per heavy atom. The van der Waals surface area contributed by atoms with Gasteiger partial charge in [0.25, 0.3) is 5.89 Å². The average Bonchev–Trinajstić information content (AvgIpc) is 2.92. The number of rotatable bonds is 2. The van der Waals surface area contributed by atoms with Gasteiger partial charge >= 0.3 is 0 Å². The second kappa shape index (κ2) is 4.77. The van der Waals surface area contributed by atoms with Crippen molar-refractivity contribution in [2.24, 2.45) is 0 Å². The van der Waals surface area contributed by atoms with Crippen LogP contribution in [0.3, 0.4) is 0 Å². The molecule has 2 heterocycles. The van der Waals surface area contributed by atoms with Gasteiger partial charge in [-0.2, -0.15) is 4.98 Å². The van der Waals surface area contributed by atoms with Gasteiger partial charge in [-0.1, -0.05) is 5.16 Å². The standard InChI is InChI=1S/C12H8BrN5O/c13-9-2-1-7(14)5-8(9)12-17-11(18-19-12)10-6-15-3-4-16-10/h1-6H,14H2. The predicted molar refractivity (Wildman–Crippen MR) is 72.9 cm³/mol. The molecule has 0 aliphatic heterocycles. The van der Waals surface area contributed by atoms with Gasteiger partial charge in [-0.25, -0.2) is 4.98 Å². The van der Waals surface area contributed by atoms with Crippen molar-refractivity contribution >= 4 is 21.6 Å². The molecule has 0 aliphatic rings. The molecule has 1 aromatic carbocycles. The summed E-state index contributed by atoms with van der Waals surface area (Å²) < 4.78 is 6.06. The van der Waals surface area contributed by atoms with Crippen LogP contribution in [0, 0.1) is 0 Å². The highest BCUT2D eigenvalue weighted by Crippen LogP contribution is 2.29. The molecule has 0 radical (unpaired) electrons. The highest BCUT2D eigenvalue weighted by Gasteiger charge is 2.14. The van der Waals surface area contributed by atoms with Gasteiger partial charge in [0.1, 0.15) is 5.69 Å². The summed E-state index contributed by atoms with van der Waals surface area (Å²) in [6, 6.07) is 5.38. The number of nitrogens with two attached hydrogens (primary N) is 1. The Bertz CT molecular complexity index is 713. The van der Waals surface area contributed by atoms with Gasteiger partial charge in [-0.3, -0.25) is 4.98 Å². The Morgan fingerprint density at radius 2 is 2.11 bits per heavy atom. The topological polar surface area (TPSA) is 90.7 Å². The molecule has 0 amide bonds. The minimum absolute atomic E-state index is 0.375. The van der Waals surface area contributed by atoms with Gasteiger partial charge in [0.2, 0.25) is 5.82 Å². The van der Waals surface area contributed by atoms with Crippen molar-refractivity contribution in [3.63, 3.8) is 0 Å². The number of hydrogen-bond acceptors (Lipinski definition) is 6. The first-order chi connectivity index (χ1) is 9.24. The molecule has 94 valence electrons. The fourth-order valence-electron chi connectivity index (χ4n) is 1.56. The van der Waals surface area contributed by atoms with E-state index in [1.165, 1.54) is 0 Å². The molecular weight excluding hydrogens is 310 g/mol. The maximum atomic E-state index is 5.75. The highest BCUT2D eigenvalue weighted by molar-refractivity contribution is 9.10. The van der Waals surface area contributed by atoms with E-state index >= 15 is 0 Å². The van der Waals surface area contributed by atoms with Crippen molar-refractivity contribution in [1.29, 1.82) is 0 Å². The third-order valence-electron chi connectivity index (χ3n) is 2.44. The Labute approximate surface area is 116 Å². The number of nitrogens with zero attached hydrogens (tertiary/aromatic N) is 4. The van der Waals surface area contributed by atoms with Crippen molar-refractivity contribution < 1.29 is 4.52 Å². The zero-order valence-electron chi connectivity index (χ0n) is 9.62. The van der Waals surface area contributed by atoms with E-state index in [0.717, 1.165) is 10.0 Å². The van der Waals surface area contributed by atoms with Gasteiger partial charge in [-0.15, -0.1) is 0 Å². The van der Waals surface area contributed by atoms with E-state index in [1.54, 1.807) is 30.7 Å². The van der Waals surface area contributed by atoms with Gasteiger partial charge in [0, 0.05) is 22.6 Å². The summed E-state index contributed by atoms with van der Waals surface area (Å²) in [6.07, 6.45) is 4.73. The molecule has 3 aromatic rings. The lowest BCUT2D eigenvalue weighted by Crippen LogP contribution is -1.88. The molecule has 19 heavy (non-hydrogen) atoms. The third kappa shape index (κ3) is 2.32. The molecule has 0 aliphatic carbocycles. The van der Waals surface area contributed by atoms with E-state index in [-0.39, 0.29) is 0 Å². The van der Waals surface area contributed by atoms with Crippen LogP contribution in [0.25, 0.3) is 23.0 Å². The second-order valence-corrected chi connectivity index (χ2v) is 4.61. The Balaban J connectivity index is 2.04. The van der Waals surface area contributed by atoms with Gasteiger partial charge < -0.3 is 10.3 Å².